The van der Waals surface area contributed by atoms with E-state index in [0.717, 1.165) is 26.3 Å². The molecule has 10 heavy (non-hydrogen) atoms. The lowest BCUT2D eigenvalue weighted by Crippen LogP contribution is -2.41. The summed E-state index contributed by atoms with van der Waals surface area (Å²) in [7, 11) is 0. The van der Waals surface area contributed by atoms with Crippen LogP contribution in [-0.2, 0) is 4.74 Å². The molecule has 1 heterocycles. The lowest BCUT2D eigenvalue weighted by atomic mass is 10.3. The van der Waals surface area contributed by atoms with Gasteiger partial charge in [-0.15, -0.1) is 0 Å². The van der Waals surface area contributed by atoms with Gasteiger partial charge in [0.15, 0.2) is 0 Å². The summed E-state index contributed by atoms with van der Waals surface area (Å²) >= 11 is 0. The number of hydrogen-bond acceptors (Lipinski definition) is 2. The van der Waals surface area contributed by atoms with Crippen molar-refractivity contribution >= 4 is 0 Å². The quantitative estimate of drug-likeness (QED) is 0.483. The molecule has 1 saturated heterocycles. The number of rotatable bonds is 1. The fraction of sp³-hybridized carbons (Fsp3) is 0.750. The van der Waals surface area contributed by atoms with E-state index in [2.05, 4.69) is 10.8 Å². The summed E-state index contributed by atoms with van der Waals surface area (Å²) in [5.74, 6) is 2.46. The van der Waals surface area contributed by atoms with E-state index in [1.165, 1.54) is 0 Å². The lowest BCUT2D eigenvalue weighted by Gasteiger charge is -2.28. The summed E-state index contributed by atoms with van der Waals surface area (Å²) in [5.41, 5.74) is 0. The van der Waals surface area contributed by atoms with Crippen LogP contribution < -0.4 is 0 Å². The molecule has 0 spiro atoms. The van der Waals surface area contributed by atoms with Gasteiger partial charge in [0.25, 0.3) is 0 Å². The summed E-state index contributed by atoms with van der Waals surface area (Å²) in [6.45, 7) is 5.45. The van der Waals surface area contributed by atoms with Crippen molar-refractivity contribution in [2.24, 2.45) is 0 Å². The van der Waals surface area contributed by atoms with Gasteiger partial charge in [-0.2, -0.15) is 0 Å². The van der Waals surface area contributed by atoms with Gasteiger partial charge in [0.2, 0.25) is 0 Å². The Morgan fingerprint density at radius 1 is 1.50 bits per heavy atom. The van der Waals surface area contributed by atoms with E-state index in [4.69, 9.17) is 11.2 Å². The van der Waals surface area contributed by atoms with Crippen LogP contribution in [0, 0.1) is 12.3 Å². The number of hydrogen-bond donors (Lipinski definition) is 0. The highest BCUT2D eigenvalue weighted by Crippen LogP contribution is 2.01. The van der Waals surface area contributed by atoms with Gasteiger partial charge in [-0.05, 0) is 13.3 Å². The van der Waals surface area contributed by atoms with Crippen molar-refractivity contribution in [3.8, 4) is 5.92 Å². The summed E-state index contributed by atoms with van der Waals surface area (Å²) in [5, 5.41) is 0. The number of nitrogens with zero attached hydrogens (tertiary/aromatic N) is 1. The molecule has 55 valence electrons. The average Bonchev–Trinajstić information content (AvgIpc) is 2.05. The molecular weight excluding hydrogens is 126 g/mol. The fourth-order valence-electron chi connectivity index (χ4n) is 1.06. The van der Waals surface area contributed by atoms with Crippen LogP contribution in [0.25, 0.3) is 0 Å². The monoisotopic (exact) mass is 138 g/mol. The second-order valence-electron chi connectivity index (χ2n) is 2.47. The second kappa shape index (κ2) is 3.60. The second-order valence-corrected chi connectivity index (χ2v) is 2.47. The van der Waals surface area contributed by atoms with Crippen molar-refractivity contribution in [2.75, 3.05) is 26.3 Å². The molecule has 1 rings (SSSR count). The Labute approximate surface area is 62.2 Å². The SMILES string of the molecule is [C]#CC(C)N1CCOCC1. The molecule has 0 aliphatic carbocycles. The number of ether oxygens (including phenoxy) is 1. The number of morpholine rings is 1. The normalized spacial score (nSPS) is 23.6. The zero-order valence-electron chi connectivity index (χ0n) is 6.26. The van der Waals surface area contributed by atoms with Crippen LogP contribution >= 0.6 is 0 Å². The first-order valence-corrected chi connectivity index (χ1v) is 3.58. The third kappa shape index (κ3) is 1.73. The maximum Gasteiger partial charge on any atom is 0.0697 e. The maximum absolute atomic E-state index is 6.91. The molecule has 1 fully saturated rings. The highest BCUT2D eigenvalue weighted by atomic mass is 16.5. The van der Waals surface area contributed by atoms with E-state index in [1.54, 1.807) is 0 Å². The topological polar surface area (TPSA) is 12.5 Å². The Morgan fingerprint density at radius 3 is 2.60 bits per heavy atom. The first kappa shape index (κ1) is 7.59. The van der Waals surface area contributed by atoms with Crippen LogP contribution in [-0.4, -0.2) is 37.2 Å². The first-order valence-electron chi connectivity index (χ1n) is 3.58. The van der Waals surface area contributed by atoms with E-state index in [1.807, 2.05) is 6.92 Å². The van der Waals surface area contributed by atoms with Gasteiger partial charge in [-0.3, -0.25) is 4.90 Å². The Kier molecular flexibility index (Phi) is 2.73. The Bertz CT molecular complexity index is 133. The van der Waals surface area contributed by atoms with Crippen LogP contribution in [0.2, 0.25) is 0 Å². The van der Waals surface area contributed by atoms with Gasteiger partial charge in [-0.1, -0.05) is 5.92 Å². The summed E-state index contributed by atoms with van der Waals surface area (Å²) in [6.07, 6.45) is 6.91. The molecule has 0 aromatic rings. The lowest BCUT2D eigenvalue weighted by molar-refractivity contribution is 0.0302. The summed E-state index contributed by atoms with van der Waals surface area (Å²) in [4.78, 5) is 2.19. The molecule has 0 N–H and O–H groups in total. The molecule has 1 radical (unpaired) electrons. The Balaban J connectivity index is 2.33. The predicted molar refractivity (Wildman–Crippen MR) is 39.0 cm³/mol. The van der Waals surface area contributed by atoms with Gasteiger partial charge in [-0.25, -0.2) is 0 Å². The van der Waals surface area contributed by atoms with Crippen molar-refractivity contribution in [1.82, 2.24) is 4.90 Å². The van der Waals surface area contributed by atoms with Crippen LogP contribution in [0.4, 0.5) is 0 Å². The van der Waals surface area contributed by atoms with Crippen molar-refractivity contribution < 1.29 is 4.74 Å². The molecule has 1 atom stereocenters. The average molecular weight is 138 g/mol. The predicted octanol–water partition coefficient (Wildman–Crippen LogP) is 0.297. The Hall–Kier alpha value is -0.520. The minimum atomic E-state index is 0.156. The van der Waals surface area contributed by atoms with Gasteiger partial charge < -0.3 is 4.74 Å². The third-order valence-corrected chi connectivity index (χ3v) is 1.80. The highest BCUT2D eigenvalue weighted by molar-refractivity contribution is 4.92. The van der Waals surface area contributed by atoms with Crippen LogP contribution in [0.5, 0.6) is 0 Å². The minimum Gasteiger partial charge on any atom is -0.379 e. The van der Waals surface area contributed by atoms with Gasteiger partial charge >= 0.3 is 0 Å². The Morgan fingerprint density at radius 2 is 2.10 bits per heavy atom. The molecule has 0 saturated carbocycles. The largest absolute Gasteiger partial charge is 0.379 e. The van der Waals surface area contributed by atoms with E-state index in [-0.39, 0.29) is 6.04 Å². The van der Waals surface area contributed by atoms with E-state index in [9.17, 15) is 0 Å². The van der Waals surface area contributed by atoms with Gasteiger partial charge in [0.05, 0.1) is 19.3 Å². The van der Waals surface area contributed by atoms with Crippen LogP contribution in [0.15, 0.2) is 0 Å². The summed E-state index contributed by atoms with van der Waals surface area (Å²) in [6, 6.07) is 0.156. The van der Waals surface area contributed by atoms with Crippen molar-refractivity contribution in [2.45, 2.75) is 13.0 Å². The molecule has 2 nitrogen and oxygen atoms in total. The van der Waals surface area contributed by atoms with Crippen molar-refractivity contribution in [3.63, 3.8) is 0 Å². The van der Waals surface area contributed by atoms with Gasteiger partial charge in [0, 0.05) is 13.1 Å². The molecule has 0 aromatic heterocycles. The zero-order valence-corrected chi connectivity index (χ0v) is 6.26. The fourth-order valence-corrected chi connectivity index (χ4v) is 1.06. The first-order chi connectivity index (χ1) is 4.84. The standard InChI is InChI=1S/C8H12NO/c1-3-8(2)9-4-6-10-7-5-9/h8H,4-7H2,2H3. The highest BCUT2D eigenvalue weighted by Gasteiger charge is 2.14. The molecular formula is C8H12NO. The van der Waals surface area contributed by atoms with Gasteiger partial charge in [0.1, 0.15) is 0 Å². The summed E-state index contributed by atoms with van der Waals surface area (Å²) < 4.78 is 5.16. The van der Waals surface area contributed by atoms with Crippen molar-refractivity contribution in [1.29, 1.82) is 0 Å². The maximum atomic E-state index is 6.91. The van der Waals surface area contributed by atoms with Crippen LogP contribution in [0.3, 0.4) is 0 Å². The molecule has 1 aliphatic heterocycles. The van der Waals surface area contributed by atoms with Crippen LogP contribution in [0.1, 0.15) is 6.92 Å². The molecule has 1 unspecified atom stereocenters. The van der Waals surface area contributed by atoms with E-state index in [0.29, 0.717) is 0 Å². The molecule has 1 aliphatic rings. The van der Waals surface area contributed by atoms with E-state index >= 15 is 0 Å². The van der Waals surface area contributed by atoms with E-state index < -0.39 is 0 Å². The smallest absolute Gasteiger partial charge is 0.0697 e. The minimum absolute atomic E-state index is 0.156. The third-order valence-electron chi connectivity index (χ3n) is 1.80. The van der Waals surface area contributed by atoms with Crippen molar-refractivity contribution in [3.05, 3.63) is 6.42 Å². The molecule has 0 amide bonds. The zero-order chi connectivity index (χ0) is 7.40. The molecule has 0 bridgehead atoms. The molecule has 0 aromatic carbocycles. The molecule has 2 heteroatoms.